The average molecular weight is 431 g/mol. The molecule has 3 aromatic rings. The first-order valence-corrected chi connectivity index (χ1v) is 9.57. The highest BCUT2D eigenvalue weighted by molar-refractivity contribution is 9.10. The molecule has 0 amide bonds. The molecule has 0 atom stereocenters. The van der Waals surface area contributed by atoms with E-state index in [-0.39, 0.29) is 9.92 Å². The van der Waals surface area contributed by atoms with Gasteiger partial charge in [-0.15, -0.1) is 0 Å². The topological polar surface area (TPSA) is 46.2 Å². The van der Waals surface area contributed by atoms with Gasteiger partial charge in [-0.25, -0.2) is 8.42 Å². The van der Waals surface area contributed by atoms with Gasteiger partial charge < -0.3 is 0 Å². The van der Waals surface area contributed by atoms with E-state index in [0.717, 1.165) is 15.2 Å². The fraction of sp³-hybridized carbons (Fsp3) is 0. The smallest absolute Gasteiger partial charge is 0.261 e. The van der Waals surface area contributed by atoms with Crippen LogP contribution in [0.4, 0.5) is 5.69 Å². The van der Waals surface area contributed by atoms with Crippen LogP contribution in [0.25, 0.3) is 10.8 Å². The molecular formula is C16H10BrCl2NO2S. The number of fused-ring (bicyclic) bond motifs is 1. The Morgan fingerprint density at radius 2 is 1.57 bits per heavy atom. The van der Waals surface area contributed by atoms with E-state index in [1.165, 1.54) is 18.2 Å². The van der Waals surface area contributed by atoms with Gasteiger partial charge in [-0.05, 0) is 35.7 Å². The van der Waals surface area contributed by atoms with Crippen LogP contribution < -0.4 is 4.72 Å². The van der Waals surface area contributed by atoms with Crippen molar-refractivity contribution in [2.45, 2.75) is 4.90 Å². The number of halogens is 3. The lowest BCUT2D eigenvalue weighted by Gasteiger charge is -2.12. The monoisotopic (exact) mass is 429 g/mol. The number of anilines is 1. The Morgan fingerprint density at radius 1 is 0.870 bits per heavy atom. The van der Waals surface area contributed by atoms with Gasteiger partial charge in [-0.2, -0.15) is 0 Å². The zero-order chi connectivity index (χ0) is 16.6. The number of rotatable bonds is 3. The maximum absolute atomic E-state index is 12.6. The molecule has 3 rings (SSSR count). The van der Waals surface area contributed by atoms with Crippen molar-refractivity contribution in [2.75, 3.05) is 4.72 Å². The molecule has 3 aromatic carbocycles. The molecule has 0 unspecified atom stereocenters. The molecule has 0 spiro atoms. The van der Waals surface area contributed by atoms with Gasteiger partial charge in [-0.3, -0.25) is 4.72 Å². The van der Waals surface area contributed by atoms with Crippen molar-refractivity contribution in [3.05, 3.63) is 69.1 Å². The fourth-order valence-corrected chi connectivity index (χ4v) is 4.15. The van der Waals surface area contributed by atoms with Gasteiger partial charge in [0.15, 0.2) is 0 Å². The molecule has 0 fully saturated rings. The molecule has 0 radical (unpaired) electrons. The van der Waals surface area contributed by atoms with Crippen LogP contribution in [0.2, 0.25) is 10.0 Å². The largest absolute Gasteiger partial charge is 0.279 e. The van der Waals surface area contributed by atoms with Gasteiger partial charge in [0.2, 0.25) is 0 Å². The van der Waals surface area contributed by atoms with Crippen LogP contribution in [-0.2, 0) is 10.0 Å². The van der Waals surface area contributed by atoms with Crippen LogP contribution in [0.15, 0.2) is 64.0 Å². The zero-order valence-electron chi connectivity index (χ0n) is 11.6. The normalized spacial score (nSPS) is 11.6. The quantitative estimate of drug-likeness (QED) is 0.578. The van der Waals surface area contributed by atoms with Gasteiger partial charge in [0.1, 0.15) is 0 Å². The minimum Gasteiger partial charge on any atom is -0.279 e. The summed E-state index contributed by atoms with van der Waals surface area (Å²) in [4.78, 5) is 0.0545. The van der Waals surface area contributed by atoms with Crippen molar-refractivity contribution >= 4 is 65.6 Å². The molecule has 7 heteroatoms. The van der Waals surface area contributed by atoms with Crippen LogP contribution in [0.1, 0.15) is 0 Å². The molecule has 0 aromatic heterocycles. The Hall–Kier alpha value is -1.27. The molecule has 1 N–H and O–H groups in total. The van der Waals surface area contributed by atoms with Gasteiger partial charge in [-0.1, -0.05) is 63.4 Å². The van der Waals surface area contributed by atoms with E-state index < -0.39 is 10.0 Å². The first kappa shape index (κ1) is 16.6. The molecule has 118 valence electrons. The maximum atomic E-state index is 12.6. The van der Waals surface area contributed by atoms with Crippen LogP contribution in [0.3, 0.4) is 0 Å². The predicted octanol–water partition coefficient (Wildman–Crippen LogP) is 5.71. The summed E-state index contributed by atoms with van der Waals surface area (Å²) in [7, 11) is -3.77. The molecule has 0 saturated heterocycles. The van der Waals surface area contributed by atoms with E-state index in [9.17, 15) is 8.42 Å². The summed E-state index contributed by atoms with van der Waals surface area (Å²) in [6.45, 7) is 0. The summed E-state index contributed by atoms with van der Waals surface area (Å²) in [5, 5.41) is 2.21. The summed E-state index contributed by atoms with van der Waals surface area (Å²) in [6.07, 6.45) is 0. The first-order chi connectivity index (χ1) is 10.9. The van der Waals surface area contributed by atoms with E-state index in [1.54, 1.807) is 12.1 Å². The van der Waals surface area contributed by atoms with Gasteiger partial charge in [0.05, 0.1) is 20.6 Å². The van der Waals surface area contributed by atoms with Crippen molar-refractivity contribution in [3.8, 4) is 0 Å². The second-order valence-electron chi connectivity index (χ2n) is 4.82. The second kappa shape index (κ2) is 6.32. The van der Waals surface area contributed by atoms with Gasteiger partial charge in [0.25, 0.3) is 10.0 Å². The third-order valence-corrected chi connectivity index (χ3v) is 6.11. The number of benzene rings is 3. The molecule has 3 nitrogen and oxygen atoms in total. The highest BCUT2D eigenvalue weighted by atomic mass is 79.9. The van der Waals surface area contributed by atoms with Crippen molar-refractivity contribution in [3.63, 3.8) is 0 Å². The molecule has 0 aliphatic rings. The summed E-state index contributed by atoms with van der Waals surface area (Å²) in [5.74, 6) is 0. The third kappa shape index (κ3) is 3.33. The molecule has 23 heavy (non-hydrogen) atoms. The summed E-state index contributed by atoms with van der Waals surface area (Å²) < 4.78 is 28.6. The average Bonchev–Trinajstić information content (AvgIpc) is 2.53. The van der Waals surface area contributed by atoms with E-state index in [1.807, 2.05) is 24.3 Å². The lowest BCUT2D eigenvalue weighted by Crippen LogP contribution is -2.13. The second-order valence-corrected chi connectivity index (χ2v) is 8.17. The Balaban J connectivity index is 2.07. The molecule has 0 heterocycles. The Bertz CT molecular complexity index is 1010. The Labute approximate surface area is 152 Å². The number of hydrogen-bond donors (Lipinski definition) is 1. The standard InChI is InChI=1S/C16H10BrCl2NO2S/c17-13-6-8-16(12-4-2-1-3-11(12)13)20-23(21,22)10-5-7-14(18)15(19)9-10/h1-9,20H. The maximum Gasteiger partial charge on any atom is 0.261 e. The lowest BCUT2D eigenvalue weighted by molar-refractivity contribution is 0.601. The van der Waals surface area contributed by atoms with Gasteiger partial charge in [0, 0.05) is 9.86 Å². The van der Waals surface area contributed by atoms with E-state index in [0.29, 0.717) is 10.7 Å². The summed E-state index contributed by atoms with van der Waals surface area (Å²) in [5.41, 5.74) is 0.495. The summed E-state index contributed by atoms with van der Waals surface area (Å²) in [6, 6.07) is 15.2. The molecule has 0 aliphatic carbocycles. The molecular weight excluding hydrogens is 421 g/mol. The van der Waals surface area contributed by atoms with Crippen LogP contribution >= 0.6 is 39.1 Å². The number of hydrogen-bond acceptors (Lipinski definition) is 2. The highest BCUT2D eigenvalue weighted by Crippen LogP contribution is 2.32. The van der Waals surface area contributed by atoms with Crippen LogP contribution in [-0.4, -0.2) is 8.42 Å². The van der Waals surface area contributed by atoms with Gasteiger partial charge >= 0.3 is 0 Å². The highest BCUT2D eigenvalue weighted by Gasteiger charge is 2.17. The van der Waals surface area contributed by atoms with Crippen molar-refractivity contribution in [1.29, 1.82) is 0 Å². The third-order valence-electron chi connectivity index (χ3n) is 3.32. The van der Waals surface area contributed by atoms with E-state index in [2.05, 4.69) is 20.7 Å². The molecule has 0 aliphatic heterocycles. The summed E-state index contributed by atoms with van der Waals surface area (Å²) >= 11 is 15.2. The fourth-order valence-electron chi connectivity index (χ4n) is 2.20. The Morgan fingerprint density at radius 3 is 2.26 bits per heavy atom. The van der Waals surface area contributed by atoms with E-state index in [4.69, 9.17) is 23.2 Å². The van der Waals surface area contributed by atoms with Crippen molar-refractivity contribution in [1.82, 2.24) is 0 Å². The number of sulfonamides is 1. The molecule has 0 saturated carbocycles. The molecule has 0 bridgehead atoms. The van der Waals surface area contributed by atoms with Crippen molar-refractivity contribution < 1.29 is 8.42 Å². The zero-order valence-corrected chi connectivity index (χ0v) is 15.5. The number of nitrogens with one attached hydrogen (secondary N) is 1. The SMILES string of the molecule is O=S(=O)(Nc1ccc(Br)c2ccccc12)c1ccc(Cl)c(Cl)c1. The van der Waals surface area contributed by atoms with Crippen LogP contribution in [0, 0.1) is 0 Å². The lowest BCUT2D eigenvalue weighted by atomic mass is 10.1. The van der Waals surface area contributed by atoms with E-state index >= 15 is 0 Å². The predicted molar refractivity (Wildman–Crippen MR) is 98.9 cm³/mol. The van der Waals surface area contributed by atoms with Crippen LogP contribution in [0.5, 0.6) is 0 Å². The minimum atomic E-state index is -3.77. The Kier molecular flexibility index (Phi) is 4.56. The minimum absolute atomic E-state index is 0.0545. The first-order valence-electron chi connectivity index (χ1n) is 6.53. The van der Waals surface area contributed by atoms with Crippen molar-refractivity contribution in [2.24, 2.45) is 0 Å².